The van der Waals surface area contributed by atoms with Gasteiger partial charge in [-0.15, -0.1) is 0 Å². The highest BCUT2D eigenvalue weighted by atomic mass is 16.7. The highest BCUT2D eigenvalue weighted by Crippen LogP contribution is 2.33. The Labute approximate surface area is 160 Å². The molecule has 4 aromatic carbocycles. The molecule has 2 heteroatoms. The highest BCUT2D eigenvalue weighted by Gasteiger charge is 2.10. The first kappa shape index (κ1) is 17.4. The molecule has 0 saturated heterocycles. The van der Waals surface area contributed by atoms with Crippen molar-refractivity contribution >= 4 is 21.5 Å². The van der Waals surface area contributed by atoms with Crippen LogP contribution >= 0.6 is 0 Å². The molecular weight excluding hydrogens is 332 g/mol. The maximum absolute atomic E-state index is 6.02. The fourth-order valence-corrected chi connectivity index (χ4v) is 3.56. The van der Waals surface area contributed by atoms with Gasteiger partial charge in [-0.3, -0.25) is 0 Å². The molecule has 4 aromatic rings. The molecule has 0 radical (unpaired) electrons. The quantitative estimate of drug-likeness (QED) is 0.349. The summed E-state index contributed by atoms with van der Waals surface area (Å²) in [5.41, 5.74) is 1.37. The average molecular weight is 356 g/mol. The van der Waals surface area contributed by atoms with E-state index in [-0.39, 0.29) is 6.79 Å². The van der Waals surface area contributed by atoms with Crippen LogP contribution in [0.25, 0.3) is 21.5 Å². The van der Waals surface area contributed by atoms with Crippen LogP contribution < -0.4 is 9.47 Å². The Hall–Kier alpha value is -3.00. The van der Waals surface area contributed by atoms with Gasteiger partial charge in [0.15, 0.2) is 0 Å². The van der Waals surface area contributed by atoms with Crippen molar-refractivity contribution in [3.05, 3.63) is 84.4 Å². The molecular formula is C25H24O2. The number of benzene rings is 4. The molecule has 4 rings (SSSR count). The van der Waals surface area contributed by atoms with Gasteiger partial charge in [0.25, 0.3) is 0 Å². The lowest BCUT2D eigenvalue weighted by Gasteiger charge is -2.16. The van der Waals surface area contributed by atoms with Gasteiger partial charge in [0, 0.05) is 10.8 Å². The Morgan fingerprint density at radius 1 is 0.667 bits per heavy atom. The Morgan fingerprint density at radius 2 is 1.26 bits per heavy atom. The lowest BCUT2D eigenvalue weighted by molar-refractivity contribution is 0.123. The third-order valence-corrected chi connectivity index (χ3v) is 5.24. The van der Waals surface area contributed by atoms with Crippen LogP contribution in [0, 0.1) is 0 Å². The van der Waals surface area contributed by atoms with Crippen LogP contribution in [0.15, 0.2) is 78.9 Å². The normalized spacial score (nSPS) is 12.2. The second kappa shape index (κ2) is 7.71. The van der Waals surface area contributed by atoms with Gasteiger partial charge in [0.2, 0.25) is 6.79 Å². The summed E-state index contributed by atoms with van der Waals surface area (Å²) in [5.74, 6) is 2.22. The van der Waals surface area contributed by atoms with Crippen molar-refractivity contribution in [3.8, 4) is 11.5 Å². The van der Waals surface area contributed by atoms with Crippen molar-refractivity contribution in [2.24, 2.45) is 0 Å². The number of rotatable bonds is 6. The average Bonchev–Trinajstić information content (AvgIpc) is 2.73. The van der Waals surface area contributed by atoms with Crippen LogP contribution in [0.1, 0.15) is 31.7 Å². The van der Waals surface area contributed by atoms with E-state index >= 15 is 0 Å². The summed E-state index contributed by atoms with van der Waals surface area (Å²) in [6, 6.07) is 27.0. The molecule has 0 fully saturated rings. The van der Waals surface area contributed by atoms with E-state index < -0.39 is 0 Å². The van der Waals surface area contributed by atoms with Crippen molar-refractivity contribution < 1.29 is 9.47 Å². The molecule has 0 saturated carbocycles. The van der Waals surface area contributed by atoms with E-state index in [1.807, 2.05) is 30.3 Å². The van der Waals surface area contributed by atoms with E-state index in [0.717, 1.165) is 28.7 Å². The van der Waals surface area contributed by atoms with Gasteiger partial charge in [-0.1, -0.05) is 80.6 Å². The van der Waals surface area contributed by atoms with Gasteiger partial charge < -0.3 is 9.47 Å². The standard InChI is InChI=1S/C25H24O2/c1-3-18(2)20-12-7-14-23-22(20)13-8-16-25(23)27-17-26-24-15-6-10-19-9-4-5-11-21(19)24/h4-16,18H,3,17H2,1-2H3. The minimum atomic E-state index is 0.181. The molecule has 1 unspecified atom stereocenters. The van der Waals surface area contributed by atoms with E-state index in [9.17, 15) is 0 Å². The van der Waals surface area contributed by atoms with Crippen LogP contribution in [-0.2, 0) is 0 Å². The summed E-state index contributed by atoms with van der Waals surface area (Å²) in [5, 5.41) is 4.66. The zero-order chi connectivity index (χ0) is 18.6. The smallest absolute Gasteiger partial charge is 0.230 e. The molecule has 0 aliphatic heterocycles. The molecule has 0 N–H and O–H groups in total. The van der Waals surface area contributed by atoms with Gasteiger partial charge in [0.1, 0.15) is 11.5 Å². The predicted octanol–water partition coefficient (Wildman–Crippen LogP) is 6.92. The summed E-state index contributed by atoms with van der Waals surface area (Å²) < 4.78 is 12.0. The van der Waals surface area contributed by atoms with Crippen molar-refractivity contribution in [2.75, 3.05) is 6.79 Å². The second-order valence-corrected chi connectivity index (χ2v) is 6.89. The van der Waals surface area contributed by atoms with Gasteiger partial charge in [-0.2, -0.15) is 0 Å². The monoisotopic (exact) mass is 356 g/mol. The maximum atomic E-state index is 6.02. The number of ether oxygens (including phenoxy) is 2. The van der Waals surface area contributed by atoms with Crippen molar-refractivity contribution in [2.45, 2.75) is 26.2 Å². The zero-order valence-electron chi connectivity index (χ0n) is 15.8. The largest absolute Gasteiger partial charge is 0.457 e. The first-order valence-corrected chi connectivity index (χ1v) is 9.53. The lowest BCUT2D eigenvalue weighted by Crippen LogP contribution is -2.06. The summed E-state index contributed by atoms with van der Waals surface area (Å²) in [7, 11) is 0. The van der Waals surface area contributed by atoms with Crippen LogP contribution in [0.3, 0.4) is 0 Å². The third-order valence-electron chi connectivity index (χ3n) is 5.24. The Morgan fingerprint density at radius 3 is 2.07 bits per heavy atom. The number of fused-ring (bicyclic) bond motifs is 2. The SMILES string of the molecule is CCC(C)c1cccc2c(OCOc3cccc4ccccc34)cccc12. The van der Waals surface area contributed by atoms with Gasteiger partial charge in [-0.25, -0.2) is 0 Å². The molecule has 136 valence electrons. The molecule has 1 atom stereocenters. The summed E-state index contributed by atoms with van der Waals surface area (Å²) in [4.78, 5) is 0. The Kier molecular flexibility index (Phi) is 4.97. The van der Waals surface area contributed by atoms with Crippen LogP contribution in [0.4, 0.5) is 0 Å². The molecule has 0 aliphatic carbocycles. The third kappa shape index (κ3) is 3.48. The topological polar surface area (TPSA) is 18.5 Å². The van der Waals surface area contributed by atoms with E-state index in [2.05, 4.69) is 62.4 Å². The van der Waals surface area contributed by atoms with E-state index in [1.165, 1.54) is 16.3 Å². The highest BCUT2D eigenvalue weighted by molar-refractivity contribution is 5.91. The Balaban J connectivity index is 1.57. The van der Waals surface area contributed by atoms with Crippen LogP contribution in [-0.4, -0.2) is 6.79 Å². The van der Waals surface area contributed by atoms with Crippen molar-refractivity contribution in [1.82, 2.24) is 0 Å². The lowest BCUT2D eigenvalue weighted by atomic mass is 9.93. The minimum Gasteiger partial charge on any atom is -0.457 e. The molecule has 0 heterocycles. The maximum Gasteiger partial charge on any atom is 0.230 e. The summed E-state index contributed by atoms with van der Waals surface area (Å²) >= 11 is 0. The molecule has 0 aromatic heterocycles. The Bertz CT molecular complexity index is 1060. The predicted molar refractivity (Wildman–Crippen MR) is 113 cm³/mol. The second-order valence-electron chi connectivity index (χ2n) is 6.89. The molecule has 2 nitrogen and oxygen atoms in total. The van der Waals surface area contributed by atoms with Crippen LogP contribution in [0.5, 0.6) is 11.5 Å². The minimum absolute atomic E-state index is 0.181. The molecule has 0 amide bonds. The van der Waals surface area contributed by atoms with Gasteiger partial charge in [0.05, 0.1) is 0 Å². The molecule has 0 bridgehead atoms. The first-order valence-electron chi connectivity index (χ1n) is 9.53. The summed E-state index contributed by atoms with van der Waals surface area (Å²) in [6.07, 6.45) is 1.12. The zero-order valence-corrected chi connectivity index (χ0v) is 15.8. The van der Waals surface area contributed by atoms with Gasteiger partial charge >= 0.3 is 0 Å². The van der Waals surface area contributed by atoms with E-state index in [1.54, 1.807) is 0 Å². The molecule has 27 heavy (non-hydrogen) atoms. The van der Waals surface area contributed by atoms with Crippen molar-refractivity contribution in [3.63, 3.8) is 0 Å². The van der Waals surface area contributed by atoms with E-state index in [4.69, 9.17) is 9.47 Å². The number of hydrogen-bond donors (Lipinski definition) is 0. The van der Waals surface area contributed by atoms with Gasteiger partial charge in [-0.05, 0) is 40.8 Å². The fourth-order valence-electron chi connectivity index (χ4n) is 3.56. The first-order chi connectivity index (χ1) is 13.3. The number of hydrogen-bond acceptors (Lipinski definition) is 2. The molecule has 0 spiro atoms. The summed E-state index contributed by atoms with van der Waals surface area (Å²) in [6.45, 7) is 4.68. The van der Waals surface area contributed by atoms with Crippen LogP contribution in [0.2, 0.25) is 0 Å². The van der Waals surface area contributed by atoms with E-state index in [0.29, 0.717) is 5.92 Å². The van der Waals surface area contributed by atoms with Crippen molar-refractivity contribution in [1.29, 1.82) is 0 Å². The molecule has 0 aliphatic rings. The fraction of sp³-hybridized carbons (Fsp3) is 0.200.